The standard InChI is InChI=1S/C36H35N3O5/c1-4-38-32(41)25-18-17-24-27(29(25)34(38)43)19-28-33(42)39(37-23-15-13-20(2)14-16-23)35(44)36(28,22-10-6-5-7-11-22)30(24)26-12-8-9-21(3)31(26)40/h5-17,25,27-30,37,40H,4,18-19H2,1-3H3/t25-,27+,28-,29-,30+,36+/m0/s1. The number of phenols is 1. The molecule has 4 aliphatic rings. The van der Waals surface area contributed by atoms with Crippen molar-refractivity contribution >= 4 is 29.3 Å². The maximum absolute atomic E-state index is 15.0. The number of nitrogens with one attached hydrogen (secondary N) is 1. The van der Waals surface area contributed by atoms with Crippen LogP contribution >= 0.6 is 0 Å². The van der Waals surface area contributed by atoms with E-state index >= 15 is 4.79 Å². The summed E-state index contributed by atoms with van der Waals surface area (Å²) in [6.45, 7) is 5.86. The van der Waals surface area contributed by atoms with Gasteiger partial charge in [-0.25, -0.2) is 0 Å². The fraction of sp³-hybridized carbons (Fsp3) is 0.333. The second-order valence-electron chi connectivity index (χ2n) is 12.5. The van der Waals surface area contributed by atoms with E-state index in [4.69, 9.17) is 0 Å². The Kier molecular flexibility index (Phi) is 6.50. The number of aryl methyl sites for hydroxylation is 2. The summed E-state index contributed by atoms with van der Waals surface area (Å²) in [5, 5.41) is 12.7. The van der Waals surface area contributed by atoms with Crippen LogP contribution in [0.4, 0.5) is 5.69 Å². The fourth-order valence-electron chi connectivity index (χ4n) is 8.38. The van der Waals surface area contributed by atoms with Crippen LogP contribution in [0.5, 0.6) is 5.75 Å². The zero-order valence-corrected chi connectivity index (χ0v) is 25.0. The highest BCUT2D eigenvalue weighted by Gasteiger charge is 2.70. The highest BCUT2D eigenvalue weighted by atomic mass is 16.3. The largest absolute Gasteiger partial charge is 0.507 e. The van der Waals surface area contributed by atoms with E-state index in [0.717, 1.165) is 16.1 Å². The number of likely N-dealkylation sites (tertiary alicyclic amines) is 1. The van der Waals surface area contributed by atoms with Crippen LogP contribution in [0.1, 0.15) is 47.9 Å². The Hall–Kier alpha value is -4.72. The third-order valence-electron chi connectivity index (χ3n) is 10.4. The number of nitrogens with zero attached hydrogens (tertiary/aromatic N) is 2. The molecule has 8 heteroatoms. The van der Waals surface area contributed by atoms with Gasteiger partial charge in [0.1, 0.15) is 5.75 Å². The van der Waals surface area contributed by atoms with Crippen molar-refractivity contribution in [3.05, 3.63) is 107 Å². The fourth-order valence-corrected chi connectivity index (χ4v) is 8.38. The van der Waals surface area contributed by atoms with Gasteiger partial charge in [-0.15, -0.1) is 0 Å². The number of benzene rings is 3. The van der Waals surface area contributed by atoms with Crippen LogP contribution in [0, 0.1) is 37.5 Å². The molecule has 3 fully saturated rings. The summed E-state index contributed by atoms with van der Waals surface area (Å²) in [7, 11) is 0. The summed E-state index contributed by atoms with van der Waals surface area (Å²) >= 11 is 0. The number of para-hydroxylation sites is 1. The Morgan fingerprint density at radius 3 is 2.30 bits per heavy atom. The molecule has 3 aromatic rings. The molecule has 6 atom stereocenters. The summed E-state index contributed by atoms with van der Waals surface area (Å²) in [6, 6.07) is 22.3. The summed E-state index contributed by atoms with van der Waals surface area (Å²) in [4.78, 5) is 58.0. The molecular weight excluding hydrogens is 554 g/mol. The molecule has 2 aliphatic heterocycles. The number of hydrazine groups is 1. The Labute approximate surface area is 256 Å². The van der Waals surface area contributed by atoms with Crippen LogP contribution in [-0.2, 0) is 24.6 Å². The van der Waals surface area contributed by atoms with Gasteiger partial charge in [0, 0.05) is 18.0 Å². The van der Waals surface area contributed by atoms with Crippen molar-refractivity contribution in [3.8, 4) is 5.75 Å². The number of anilines is 1. The lowest BCUT2D eigenvalue weighted by molar-refractivity contribution is -0.141. The number of amides is 4. The molecule has 0 aromatic heterocycles. The van der Waals surface area contributed by atoms with E-state index in [9.17, 15) is 19.5 Å². The van der Waals surface area contributed by atoms with E-state index in [1.807, 2.05) is 92.7 Å². The SMILES string of the molecule is CCN1C(=O)[C@H]2[C@H](CC=C3[C@H]2C[C@H]2C(=O)N(Nc4ccc(C)cc4)C(=O)[C@@]2(c2ccccc2)[C@H]3c2cccc(C)c2O)C1=O. The molecule has 0 spiro atoms. The van der Waals surface area contributed by atoms with Gasteiger partial charge in [-0.3, -0.25) is 29.5 Å². The molecule has 2 heterocycles. The number of hydrogen-bond acceptors (Lipinski definition) is 6. The van der Waals surface area contributed by atoms with E-state index in [1.54, 1.807) is 6.92 Å². The summed E-state index contributed by atoms with van der Waals surface area (Å²) in [5.41, 5.74) is 6.04. The first-order valence-corrected chi connectivity index (χ1v) is 15.3. The van der Waals surface area contributed by atoms with Crippen molar-refractivity contribution in [2.45, 2.75) is 44.9 Å². The first kappa shape index (κ1) is 28.1. The zero-order chi connectivity index (χ0) is 30.9. The molecule has 0 bridgehead atoms. The van der Waals surface area contributed by atoms with Gasteiger partial charge >= 0.3 is 0 Å². The molecule has 1 saturated carbocycles. The number of rotatable bonds is 5. The third-order valence-corrected chi connectivity index (χ3v) is 10.4. The van der Waals surface area contributed by atoms with Crippen LogP contribution in [0.25, 0.3) is 0 Å². The van der Waals surface area contributed by atoms with Gasteiger partial charge in [0.05, 0.1) is 28.9 Å². The summed E-state index contributed by atoms with van der Waals surface area (Å²) < 4.78 is 0. The highest BCUT2D eigenvalue weighted by Crippen LogP contribution is 2.64. The van der Waals surface area contributed by atoms with Gasteiger partial charge in [0.15, 0.2) is 0 Å². The Morgan fingerprint density at radius 2 is 1.59 bits per heavy atom. The van der Waals surface area contributed by atoms with Gasteiger partial charge in [-0.1, -0.05) is 77.9 Å². The molecule has 8 nitrogen and oxygen atoms in total. The van der Waals surface area contributed by atoms with Gasteiger partial charge < -0.3 is 5.11 Å². The number of allylic oxidation sites excluding steroid dienone is 2. The first-order chi connectivity index (χ1) is 21.2. The molecule has 2 saturated heterocycles. The number of imide groups is 2. The third kappa shape index (κ3) is 3.76. The van der Waals surface area contributed by atoms with Gasteiger partial charge in [-0.05, 0) is 62.8 Å². The van der Waals surface area contributed by atoms with Crippen LogP contribution in [-0.4, -0.2) is 45.2 Å². The Balaban J connectivity index is 1.47. The molecule has 7 rings (SSSR count). The molecule has 4 amide bonds. The van der Waals surface area contributed by atoms with E-state index < -0.39 is 40.9 Å². The number of hydrogen-bond donors (Lipinski definition) is 2. The molecule has 3 aromatic carbocycles. The van der Waals surface area contributed by atoms with Crippen molar-refractivity contribution in [2.24, 2.45) is 23.7 Å². The number of carbonyl (C=O) groups excluding carboxylic acids is 4. The Morgan fingerprint density at radius 1 is 0.864 bits per heavy atom. The topological polar surface area (TPSA) is 107 Å². The van der Waals surface area contributed by atoms with E-state index in [-0.39, 0.29) is 36.4 Å². The lowest BCUT2D eigenvalue weighted by atomic mass is 9.49. The Bertz CT molecular complexity index is 1730. The molecule has 2 N–H and O–H groups in total. The normalized spacial score (nSPS) is 29.3. The second-order valence-corrected chi connectivity index (χ2v) is 12.5. The quantitative estimate of drug-likeness (QED) is 0.320. The number of carbonyl (C=O) groups is 4. The van der Waals surface area contributed by atoms with Crippen molar-refractivity contribution in [3.63, 3.8) is 0 Å². The summed E-state index contributed by atoms with van der Waals surface area (Å²) in [6.07, 6.45) is 2.61. The smallest absolute Gasteiger partial charge is 0.260 e. The molecule has 44 heavy (non-hydrogen) atoms. The van der Waals surface area contributed by atoms with E-state index in [1.165, 1.54) is 4.90 Å². The van der Waals surface area contributed by atoms with E-state index in [2.05, 4.69) is 5.43 Å². The summed E-state index contributed by atoms with van der Waals surface area (Å²) in [5.74, 6) is -4.28. The van der Waals surface area contributed by atoms with Crippen LogP contribution in [0.2, 0.25) is 0 Å². The van der Waals surface area contributed by atoms with Crippen molar-refractivity contribution in [1.29, 1.82) is 0 Å². The van der Waals surface area contributed by atoms with Crippen LogP contribution < -0.4 is 5.43 Å². The van der Waals surface area contributed by atoms with Gasteiger partial charge in [-0.2, -0.15) is 5.01 Å². The number of fused-ring (bicyclic) bond motifs is 4. The monoisotopic (exact) mass is 589 g/mol. The number of aromatic hydroxyl groups is 1. The van der Waals surface area contributed by atoms with Crippen LogP contribution in [0.3, 0.4) is 0 Å². The lowest BCUT2D eigenvalue weighted by Crippen LogP contribution is -2.53. The van der Waals surface area contributed by atoms with Crippen LogP contribution in [0.15, 0.2) is 84.4 Å². The molecular formula is C36H35N3O5. The maximum Gasteiger partial charge on any atom is 0.260 e. The number of phenolic OH excluding ortho intramolecular Hbond substituents is 1. The average Bonchev–Trinajstić information content (AvgIpc) is 3.40. The minimum atomic E-state index is -1.40. The van der Waals surface area contributed by atoms with Gasteiger partial charge in [0.25, 0.3) is 11.8 Å². The second kappa shape index (κ2) is 10.2. The van der Waals surface area contributed by atoms with E-state index in [0.29, 0.717) is 28.8 Å². The first-order valence-electron chi connectivity index (χ1n) is 15.3. The predicted molar refractivity (Wildman–Crippen MR) is 164 cm³/mol. The zero-order valence-electron chi connectivity index (χ0n) is 25.0. The molecule has 0 unspecified atom stereocenters. The lowest BCUT2D eigenvalue weighted by Gasteiger charge is -2.50. The van der Waals surface area contributed by atoms with Crippen molar-refractivity contribution in [1.82, 2.24) is 9.91 Å². The highest BCUT2D eigenvalue weighted by molar-refractivity contribution is 6.13. The molecule has 0 radical (unpaired) electrons. The average molecular weight is 590 g/mol. The minimum absolute atomic E-state index is 0.0597. The van der Waals surface area contributed by atoms with Gasteiger partial charge in [0.2, 0.25) is 11.8 Å². The molecule has 2 aliphatic carbocycles. The molecule has 224 valence electrons. The van der Waals surface area contributed by atoms with Crippen molar-refractivity contribution < 1.29 is 24.3 Å². The minimum Gasteiger partial charge on any atom is -0.507 e. The van der Waals surface area contributed by atoms with Crippen molar-refractivity contribution in [2.75, 3.05) is 12.0 Å². The predicted octanol–water partition coefficient (Wildman–Crippen LogP) is 5.01. The maximum atomic E-state index is 15.0.